The summed E-state index contributed by atoms with van der Waals surface area (Å²) in [6, 6.07) is -0.184. The number of Topliss-reactive ketones (excluding diaryl/α,β-unsaturated/α-hetero) is 1. The van der Waals surface area contributed by atoms with Crippen molar-refractivity contribution in [1.29, 1.82) is 0 Å². The molecule has 0 saturated heterocycles. The fourth-order valence-corrected chi connectivity index (χ4v) is 1.19. The summed E-state index contributed by atoms with van der Waals surface area (Å²) >= 11 is 0. The summed E-state index contributed by atoms with van der Waals surface area (Å²) in [6.07, 6.45) is 1.49. The first kappa shape index (κ1) is 11.6. The van der Waals surface area contributed by atoms with E-state index >= 15 is 0 Å². The predicted molar refractivity (Wildman–Crippen MR) is 58.7 cm³/mol. The summed E-state index contributed by atoms with van der Waals surface area (Å²) in [5.74, 6) is 0.207. The third-order valence-corrected chi connectivity index (χ3v) is 2.42. The monoisotopic (exact) mass is 208 g/mol. The van der Waals surface area contributed by atoms with Crippen molar-refractivity contribution < 1.29 is 4.79 Å². The number of hydrogen-bond acceptors (Lipinski definition) is 5. The fourth-order valence-electron chi connectivity index (χ4n) is 1.19. The summed E-state index contributed by atoms with van der Waals surface area (Å²) in [5.41, 5.74) is 6.58. The zero-order valence-corrected chi connectivity index (χ0v) is 9.48. The highest BCUT2D eigenvalue weighted by Gasteiger charge is 2.19. The number of hydrogen-bond donors (Lipinski definition) is 1. The molecular weight excluding hydrogens is 192 g/mol. The van der Waals surface area contributed by atoms with Crippen molar-refractivity contribution in [3.63, 3.8) is 0 Å². The summed E-state index contributed by atoms with van der Waals surface area (Å²) < 4.78 is 0. The molecule has 1 aromatic heterocycles. The number of carbonyl (C=O) groups excluding carboxylic acids is 1. The molecule has 0 aliphatic rings. The summed E-state index contributed by atoms with van der Waals surface area (Å²) in [5, 5.41) is 0. The van der Waals surface area contributed by atoms with Crippen molar-refractivity contribution >= 4 is 11.7 Å². The number of likely N-dealkylation sites (N-methyl/N-ethyl adjacent to an activating group) is 1. The van der Waals surface area contributed by atoms with E-state index < -0.39 is 0 Å². The van der Waals surface area contributed by atoms with Crippen LogP contribution in [0.15, 0.2) is 6.20 Å². The van der Waals surface area contributed by atoms with E-state index in [2.05, 4.69) is 9.97 Å². The van der Waals surface area contributed by atoms with Gasteiger partial charge in [0.2, 0.25) is 5.95 Å². The van der Waals surface area contributed by atoms with E-state index in [1.165, 1.54) is 6.20 Å². The molecule has 0 aliphatic heterocycles. The lowest BCUT2D eigenvalue weighted by atomic mass is 10.1. The Bertz CT molecular complexity index is 376. The molecule has 15 heavy (non-hydrogen) atoms. The zero-order chi connectivity index (χ0) is 11.6. The number of aromatic nitrogens is 2. The molecule has 1 aromatic rings. The van der Waals surface area contributed by atoms with Crippen molar-refractivity contribution in [2.45, 2.75) is 19.9 Å². The van der Waals surface area contributed by atoms with Crippen LogP contribution in [0.2, 0.25) is 0 Å². The second-order valence-corrected chi connectivity index (χ2v) is 3.73. The van der Waals surface area contributed by atoms with E-state index in [1.807, 2.05) is 25.9 Å². The number of ketones is 1. The van der Waals surface area contributed by atoms with Gasteiger partial charge >= 0.3 is 0 Å². The Hall–Kier alpha value is -1.49. The molecule has 1 heterocycles. The highest BCUT2D eigenvalue weighted by Crippen LogP contribution is 2.10. The molecule has 0 aromatic carbocycles. The molecule has 0 fully saturated rings. The molecule has 5 heteroatoms. The van der Waals surface area contributed by atoms with Crippen molar-refractivity contribution in [3.05, 3.63) is 17.5 Å². The lowest BCUT2D eigenvalue weighted by Crippen LogP contribution is -2.33. The van der Waals surface area contributed by atoms with Gasteiger partial charge in [0.15, 0.2) is 5.78 Å². The van der Waals surface area contributed by atoms with Gasteiger partial charge in [0.1, 0.15) is 0 Å². The van der Waals surface area contributed by atoms with Gasteiger partial charge in [-0.3, -0.25) is 9.69 Å². The van der Waals surface area contributed by atoms with Gasteiger partial charge in [-0.25, -0.2) is 9.97 Å². The van der Waals surface area contributed by atoms with Crippen molar-refractivity contribution in [2.24, 2.45) is 0 Å². The maximum absolute atomic E-state index is 12.0. The van der Waals surface area contributed by atoms with Gasteiger partial charge in [-0.2, -0.15) is 0 Å². The lowest BCUT2D eigenvalue weighted by Gasteiger charge is -2.18. The minimum Gasteiger partial charge on any atom is -0.368 e. The fraction of sp³-hybridized carbons (Fsp3) is 0.500. The van der Waals surface area contributed by atoms with Crippen LogP contribution in [0.5, 0.6) is 0 Å². The smallest absolute Gasteiger partial charge is 0.220 e. The molecule has 0 saturated carbocycles. The Morgan fingerprint density at radius 3 is 2.60 bits per heavy atom. The van der Waals surface area contributed by atoms with E-state index in [9.17, 15) is 4.79 Å². The van der Waals surface area contributed by atoms with Crippen molar-refractivity contribution in [2.75, 3.05) is 19.8 Å². The molecule has 0 bridgehead atoms. The van der Waals surface area contributed by atoms with Crippen LogP contribution in [-0.4, -0.2) is 40.8 Å². The molecule has 5 nitrogen and oxygen atoms in total. The van der Waals surface area contributed by atoms with E-state index in [-0.39, 0.29) is 17.8 Å². The Labute approximate surface area is 89.3 Å². The Morgan fingerprint density at radius 2 is 2.13 bits per heavy atom. The van der Waals surface area contributed by atoms with Crippen LogP contribution < -0.4 is 5.73 Å². The summed E-state index contributed by atoms with van der Waals surface area (Å²) in [4.78, 5) is 21.6. The number of nitrogens with zero attached hydrogens (tertiary/aromatic N) is 3. The molecule has 2 N–H and O–H groups in total. The molecule has 0 spiro atoms. The minimum atomic E-state index is -0.184. The first-order valence-corrected chi connectivity index (χ1v) is 4.73. The van der Waals surface area contributed by atoms with Crippen LogP contribution in [0, 0.1) is 6.92 Å². The summed E-state index contributed by atoms with van der Waals surface area (Å²) in [6.45, 7) is 3.60. The van der Waals surface area contributed by atoms with Gasteiger partial charge in [0.05, 0.1) is 17.3 Å². The van der Waals surface area contributed by atoms with E-state index in [4.69, 9.17) is 5.73 Å². The normalized spacial score (nSPS) is 12.9. The molecule has 0 amide bonds. The maximum Gasteiger partial charge on any atom is 0.220 e. The number of aryl methyl sites for hydroxylation is 1. The SMILES string of the molecule is Cc1nc(N)ncc1C(=O)[C@H](C)N(C)C. The first-order valence-electron chi connectivity index (χ1n) is 4.73. The van der Waals surface area contributed by atoms with E-state index in [0.29, 0.717) is 11.3 Å². The van der Waals surface area contributed by atoms with Crippen LogP contribution in [0.1, 0.15) is 23.0 Å². The molecule has 0 unspecified atom stereocenters. The van der Waals surface area contributed by atoms with Gasteiger partial charge in [-0.1, -0.05) is 0 Å². The Morgan fingerprint density at radius 1 is 1.53 bits per heavy atom. The molecule has 0 aliphatic carbocycles. The Kier molecular flexibility index (Phi) is 3.36. The quantitative estimate of drug-likeness (QED) is 0.732. The molecular formula is C10H16N4O. The van der Waals surface area contributed by atoms with Crippen molar-refractivity contribution in [3.8, 4) is 0 Å². The van der Waals surface area contributed by atoms with Gasteiger partial charge in [-0.05, 0) is 27.9 Å². The van der Waals surface area contributed by atoms with Crippen LogP contribution in [0.25, 0.3) is 0 Å². The van der Waals surface area contributed by atoms with Crippen LogP contribution in [0.3, 0.4) is 0 Å². The number of nitrogens with two attached hydrogens (primary N) is 1. The van der Waals surface area contributed by atoms with Crippen LogP contribution in [-0.2, 0) is 0 Å². The lowest BCUT2D eigenvalue weighted by molar-refractivity contribution is 0.0889. The van der Waals surface area contributed by atoms with Crippen LogP contribution in [0.4, 0.5) is 5.95 Å². The van der Waals surface area contributed by atoms with Gasteiger partial charge < -0.3 is 5.73 Å². The maximum atomic E-state index is 12.0. The van der Waals surface area contributed by atoms with Gasteiger partial charge in [0.25, 0.3) is 0 Å². The molecule has 82 valence electrons. The zero-order valence-electron chi connectivity index (χ0n) is 9.48. The third-order valence-electron chi connectivity index (χ3n) is 2.42. The molecule has 1 atom stereocenters. The van der Waals surface area contributed by atoms with Crippen molar-refractivity contribution in [1.82, 2.24) is 14.9 Å². The predicted octanol–water partition coefficient (Wildman–Crippen LogP) is 0.500. The number of carbonyl (C=O) groups is 1. The van der Waals surface area contributed by atoms with E-state index in [1.54, 1.807) is 6.92 Å². The van der Waals surface area contributed by atoms with Crippen LogP contribution >= 0.6 is 0 Å². The highest BCUT2D eigenvalue weighted by molar-refractivity contribution is 6.00. The number of rotatable bonds is 3. The van der Waals surface area contributed by atoms with Gasteiger partial charge in [0, 0.05) is 6.20 Å². The average Bonchev–Trinajstić information content (AvgIpc) is 2.15. The van der Waals surface area contributed by atoms with Gasteiger partial charge in [-0.15, -0.1) is 0 Å². The number of nitrogen functional groups attached to an aromatic ring is 1. The second kappa shape index (κ2) is 4.35. The first-order chi connectivity index (χ1) is 6.93. The largest absolute Gasteiger partial charge is 0.368 e. The number of anilines is 1. The molecule has 1 rings (SSSR count). The minimum absolute atomic E-state index is 0.0116. The third kappa shape index (κ3) is 2.50. The summed E-state index contributed by atoms with van der Waals surface area (Å²) in [7, 11) is 3.71. The second-order valence-electron chi connectivity index (χ2n) is 3.73. The highest BCUT2D eigenvalue weighted by atomic mass is 16.1. The Balaban J connectivity index is 3.01. The average molecular weight is 208 g/mol. The standard InChI is InChI=1S/C10H16N4O/c1-6-8(5-12-10(11)13-6)9(15)7(2)14(3)4/h5,7H,1-4H3,(H2,11,12,13)/t7-/m0/s1. The van der Waals surface area contributed by atoms with E-state index in [0.717, 1.165) is 0 Å². The topological polar surface area (TPSA) is 72.1 Å². The molecule has 0 radical (unpaired) electrons.